The summed E-state index contributed by atoms with van der Waals surface area (Å²) >= 11 is 3.25. The fraction of sp³-hybridized carbons (Fsp3) is 0.0769. The van der Waals surface area contributed by atoms with Gasteiger partial charge in [-0.2, -0.15) is 0 Å². The summed E-state index contributed by atoms with van der Waals surface area (Å²) in [5.74, 6) is -2.74. The lowest BCUT2D eigenvalue weighted by Gasteiger charge is -2.09. The summed E-state index contributed by atoms with van der Waals surface area (Å²) in [6, 6.07) is 5.21. The Balaban J connectivity index is 2.18. The van der Waals surface area contributed by atoms with E-state index in [0.717, 1.165) is 10.5 Å². The molecule has 1 aromatic carbocycles. The van der Waals surface area contributed by atoms with Gasteiger partial charge in [0.25, 0.3) is 5.91 Å². The first kappa shape index (κ1) is 14.4. The molecule has 0 aliphatic heterocycles. The van der Waals surface area contributed by atoms with Crippen molar-refractivity contribution in [1.29, 1.82) is 0 Å². The molecule has 0 saturated heterocycles. The molecule has 2 rings (SSSR count). The second kappa shape index (κ2) is 5.96. The van der Waals surface area contributed by atoms with Gasteiger partial charge < -0.3 is 11.1 Å². The molecule has 104 valence electrons. The lowest BCUT2D eigenvalue weighted by molar-refractivity contribution is 0.0996. The minimum absolute atomic E-state index is 0.00933. The van der Waals surface area contributed by atoms with E-state index in [9.17, 15) is 13.6 Å². The van der Waals surface area contributed by atoms with E-state index in [0.29, 0.717) is 11.8 Å². The first-order valence-corrected chi connectivity index (χ1v) is 6.40. The molecule has 1 heterocycles. The van der Waals surface area contributed by atoms with Crippen LogP contribution in [0.15, 0.2) is 34.9 Å². The van der Waals surface area contributed by atoms with Gasteiger partial charge in [0.2, 0.25) is 0 Å². The lowest BCUT2D eigenvalue weighted by atomic mass is 10.1. The second-order valence-electron chi connectivity index (χ2n) is 4.00. The van der Waals surface area contributed by atoms with Crippen LogP contribution in [-0.2, 0) is 6.54 Å². The number of hydrogen-bond acceptors (Lipinski definition) is 3. The molecule has 0 bridgehead atoms. The number of nitrogens with zero attached hydrogens (tertiary/aromatic N) is 1. The van der Waals surface area contributed by atoms with Crippen LogP contribution in [0.2, 0.25) is 0 Å². The number of amides is 1. The van der Waals surface area contributed by atoms with Crippen LogP contribution in [0.4, 0.5) is 14.5 Å². The van der Waals surface area contributed by atoms with Gasteiger partial charge >= 0.3 is 0 Å². The quantitative estimate of drug-likeness (QED) is 0.898. The Bertz CT molecular complexity index is 647. The van der Waals surface area contributed by atoms with Gasteiger partial charge in [-0.25, -0.2) is 8.78 Å². The smallest absolute Gasteiger partial charge is 0.251 e. The Morgan fingerprint density at radius 1 is 1.30 bits per heavy atom. The maximum atomic E-state index is 13.6. The number of anilines is 1. The molecule has 1 aromatic heterocycles. The summed E-state index contributed by atoms with van der Waals surface area (Å²) in [4.78, 5) is 15.1. The predicted octanol–water partition coefficient (Wildman–Crippen LogP) is 2.83. The minimum atomic E-state index is -0.984. The van der Waals surface area contributed by atoms with Crippen molar-refractivity contribution in [3.8, 4) is 0 Å². The first-order valence-electron chi connectivity index (χ1n) is 5.60. The Labute approximate surface area is 122 Å². The highest BCUT2D eigenvalue weighted by Gasteiger charge is 2.13. The highest BCUT2D eigenvalue weighted by Crippen LogP contribution is 2.20. The van der Waals surface area contributed by atoms with E-state index < -0.39 is 17.5 Å². The largest absolute Gasteiger partial charge is 0.377 e. The first-order chi connectivity index (χ1) is 9.47. The maximum Gasteiger partial charge on any atom is 0.251 e. The van der Waals surface area contributed by atoms with Gasteiger partial charge in [0, 0.05) is 16.7 Å². The monoisotopic (exact) mass is 341 g/mol. The summed E-state index contributed by atoms with van der Waals surface area (Å²) in [7, 11) is 0. The van der Waals surface area contributed by atoms with Crippen LogP contribution >= 0.6 is 15.9 Å². The maximum absolute atomic E-state index is 13.6. The predicted molar refractivity (Wildman–Crippen MR) is 74.1 cm³/mol. The molecule has 0 atom stereocenters. The topological polar surface area (TPSA) is 68.0 Å². The summed E-state index contributed by atoms with van der Waals surface area (Å²) < 4.78 is 27.7. The summed E-state index contributed by atoms with van der Waals surface area (Å²) in [5, 5.41) is 2.74. The van der Waals surface area contributed by atoms with Crippen LogP contribution in [0.5, 0.6) is 0 Å². The van der Waals surface area contributed by atoms with Crippen LogP contribution in [0.3, 0.4) is 0 Å². The zero-order valence-corrected chi connectivity index (χ0v) is 11.7. The molecule has 2 aromatic rings. The fourth-order valence-corrected chi connectivity index (χ4v) is 1.80. The third-order valence-corrected chi connectivity index (χ3v) is 3.04. The molecular weight excluding hydrogens is 332 g/mol. The summed E-state index contributed by atoms with van der Waals surface area (Å²) in [6.45, 7) is 0.230. The van der Waals surface area contributed by atoms with Gasteiger partial charge in [0.15, 0.2) is 0 Å². The number of benzene rings is 1. The highest BCUT2D eigenvalue weighted by atomic mass is 79.9. The number of carbonyl (C=O) groups is 1. The van der Waals surface area contributed by atoms with E-state index in [4.69, 9.17) is 5.73 Å². The van der Waals surface area contributed by atoms with Crippen molar-refractivity contribution in [2.24, 2.45) is 5.73 Å². The van der Waals surface area contributed by atoms with Crippen molar-refractivity contribution in [3.63, 3.8) is 0 Å². The summed E-state index contributed by atoms with van der Waals surface area (Å²) in [5.41, 5.74) is 5.30. The van der Waals surface area contributed by atoms with Crippen LogP contribution in [-0.4, -0.2) is 10.9 Å². The fourth-order valence-electron chi connectivity index (χ4n) is 1.57. The zero-order valence-electron chi connectivity index (χ0n) is 10.2. The van der Waals surface area contributed by atoms with E-state index in [1.165, 1.54) is 0 Å². The van der Waals surface area contributed by atoms with E-state index in [1.54, 1.807) is 18.3 Å². The van der Waals surface area contributed by atoms with Crippen LogP contribution in [0, 0.1) is 11.6 Å². The van der Waals surface area contributed by atoms with Gasteiger partial charge in [0.1, 0.15) is 11.6 Å². The third-order valence-electron chi connectivity index (χ3n) is 2.57. The van der Waals surface area contributed by atoms with E-state index in [1.807, 2.05) is 0 Å². The molecule has 0 fully saturated rings. The van der Waals surface area contributed by atoms with Crippen LogP contribution in [0.25, 0.3) is 0 Å². The summed E-state index contributed by atoms with van der Waals surface area (Å²) in [6.07, 6.45) is 1.60. The Hall–Kier alpha value is -2.02. The average Bonchev–Trinajstić information content (AvgIpc) is 2.39. The van der Waals surface area contributed by atoms with Crippen LogP contribution < -0.4 is 11.1 Å². The Kier molecular flexibility index (Phi) is 4.29. The van der Waals surface area contributed by atoms with Crippen molar-refractivity contribution in [2.45, 2.75) is 6.54 Å². The minimum Gasteiger partial charge on any atom is -0.377 e. The van der Waals surface area contributed by atoms with Crippen LogP contribution in [0.1, 0.15) is 16.1 Å². The second-order valence-corrected chi connectivity index (χ2v) is 4.91. The average molecular weight is 342 g/mol. The van der Waals surface area contributed by atoms with Crippen molar-refractivity contribution in [1.82, 2.24) is 4.98 Å². The van der Waals surface area contributed by atoms with Crippen molar-refractivity contribution in [3.05, 3.63) is 57.8 Å². The normalized spacial score (nSPS) is 10.3. The number of nitrogens with one attached hydrogen (secondary N) is 1. The highest BCUT2D eigenvalue weighted by molar-refractivity contribution is 9.10. The molecular formula is C13H10BrF2N3O. The molecule has 3 N–H and O–H groups in total. The molecule has 0 radical (unpaired) electrons. The third kappa shape index (κ3) is 3.30. The van der Waals surface area contributed by atoms with Crippen molar-refractivity contribution >= 4 is 27.5 Å². The van der Waals surface area contributed by atoms with E-state index in [-0.39, 0.29) is 17.8 Å². The van der Waals surface area contributed by atoms with E-state index in [2.05, 4.69) is 26.2 Å². The van der Waals surface area contributed by atoms with Gasteiger partial charge in [-0.05, 0) is 34.1 Å². The van der Waals surface area contributed by atoms with Crippen molar-refractivity contribution in [2.75, 3.05) is 5.32 Å². The van der Waals surface area contributed by atoms with Gasteiger partial charge in [-0.1, -0.05) is 0 Å². The molecule has 0 saturated carbocycles. The molecule has 20 heavy (non-hydrogen) atoms. The number of hydrogen-bond donors (Lipinski definition) is 2. The number of aromatic nitrogens is 1. The Morgan fingerprint density at radius 2 is 2.05 bits per heavy atom. The van der Waals surface area contributed by atoms with E-state index >= 15 is 0 Å². The molecule has 0 spiro atoms. The van der Waals surface area contributed by atoms with Gasteiger partial charge in [0.05, 0.1) is 23.5 Å². The molecule has 0 aliphatic carbocycles. The number of carbonyl (C=O) groups excluding carboxylic acids is 1. The molecule has 7 heteroatoms. The van der Waals surface area contributed by atoms with Gasteiger partial charge in [-0.3, -0.25) is 9.78 Å². The Morgan fingerprint density at radius 3 is 2.65 bits per heavy atom. The lowest BCUT2D eigenvalue weighted by Crippen LogP contribution is -2.14. The molecule has 4 nitrogen and oxygen atoms in total. The number of primary amides is 1. The number of halogens is 3. The molecule has 0 aliphatic rings. The zero-order chi connectivity index (χ0) is 14.7. The number of nitrogens with two attached hydrogens (primary N) is 1. The number of pyridine rings is 1. The SMILES string of the molecule is NC(=O)c1cc(NCc2ccc(Br)cn2)c(F)cc1F. The number of rotatable bonds is 4. The van der Waals surface area contributed by atoms with Gasteiger partial charge in [-0.15, -0.1) is 0 Å². The van der Waals surface area contributed by atoms with Crippen molar-refractivity contribution < 1.29 is 13.6 Å². The molecule has 0 unspecified atom stereocenters. The molecule has 1 amide bonds. The standard InChI is InChI=1S/C13H10BrF2N3O/c14-7-1-2-8(18-5-7)6-19-12-3-9(13(17)20)10(15)4-11(12)16/h1-5,19H,6H2,(H2,17,20).